The lowest BCUT2D eigenvalue weighted by atomic mass is 10.2. The molecular weight excluding hydrogens is 492 g/mol. The average Bonchev–Trinajstić information content (AvgIpc) is 3.13. The summed E-state index contributed by atoms with van der Waals surface area (Å²) in [6, 6.07) is 6.45. The smallest absolute Gasteiger partial charge is 0.191 e. The van der Waals surface area contributed by atoms with Gasteiger partial charge in [-0.05, 0) is 25.5 Å². The second kappa shape index (κ2) is 12.8. The predicted molar refractivity (Wildman–Crippen MR) is 126 cm³/mol. The molecule has 1 heterocycles. The van der Waals surface area contributed by atoms with Crippen molar-refractivity contribution >= 4 is 46.4 Å². The molecule has 2 N–H and O–H groups in total. The first-order valence-electron chi connectivity index (χ1n) is 9.08. The molecule has 2 rings (SSSR count). The molecule has 0 bridgehead atoms. The molecule has 0 fully saturated rings. The van der Waals surface area contributed by atoms with Crippen LogP contribution in [0, 0.1) is 5.82 Å². The van der Waals surface area contributed by atoms with Crippen LogP contribution >= 0.6 is 35.3 Å². The van der Waals surface area contributed by atoms with Crippen LogP contribution in [0.3, 0.4) is 0 Å². The summed E-state index contributed by atoms with van der Waals surface area (Å²) in [7, 11) is 3.94. The zero-order chi connectivity index (χ0) is 19.6. The highest BCUT2D eigenvalue weighted by Gasteiger charge is 2.12. The Hall–Kier alpha value is -1.62. The number of thiazole rings is 1. The van der Waals surface area contributed by atoms with Crippen LogP contribution in [-0.2, 0) is 6.54 Å². The van der Waals surface area contributed by atoms with Crippen LogP contribution in [0.25, 0.3) is 0 Å². The summed E-state index contributed by atoms with van der Waals surface area (Å²) >= 11 is 1.60. The second-order valence-electron chi connectivity index (χ2n) is 6.17. The van der Waals surface area contributed by atoms with Gasteiger partial charge in [-0.3, -0.25) is 0 Å². The van der Waals surface area contributed by atoms with Crippen molar-refractivity contribution in [3.05, 3.63) is 41.2 Å². The van der Waals surface area contributed by atoms with E-state index < -0.39 is 0 Å². The summed E-state index contributed by atoms with van der Waals surface area (Å²) in [5, 5.41) is 9.45. The fourth-order valence-corrected chi connectivity index (χ4v) is 3.03. The largest absolute Gasteiger partial charge is 0.486 e. The molecule has 28 heavy (non-hydrogen) atoms. The van der Waals surface area contributed by atoms with Gasteiger partial charge in [0.15, 0.2) is 22.7 Å². The number of hydrogen-bond acceptors (Lipinski definition) is 5. The fourth-order valence-electron chi connectivity index (χ4n) is 2.28. The Kier molecular flexibility index (Phi) is 11.1. The fraction of sp³-hybridized carbons (Fsp3) is 0.474. The first-order valence-corrected chi connectivity index (χ1v) is 9.96. The molecule has 0 radical (unpaired) electrons. The van der Waals surface area contributed by atoms with E-state index in [-0.39, 0.29) is 41.6 Å². The predicted octanol–water partition coefficient (Wildman–Crippen LogP) is 3.88. The summed E-state index contributed by atoms with van der Waals surface area (Å²) in [5.74, 6) is 0.607. The summed E-state index contributed by atoms with van der Waals surface area (Å²) in [4.78, 5) is 11.1. The molecule has 0 aliphatic carbocycles. The van der Waals surface area contributed by atoms with Crippen molar-refractivity contribution in [1.82, 2.24) is 15.6 Å². The van der Waals surface area contributed by atoms with Gasteiger partial charge in [0.25, 0.3) is 0 Å². The van der Waals surface area contributed by atoms with Crippen molar-refractivity contribution in [3.63, 3.8) is 0 Å². The van der Waals surface area contributed by atoms with E-state index in [0.29, 0.717) is 19.0 Å². The van der Waals surface area contributed by atoms with E-state index in [2.05, 4.69) is 20.6 Å². The van der Waals surface area contributed by atoms with Crippen molar-refractivity contribution in [3.8, 4) is 5.75 Å². The maximum absolute atomic E-state index is 13.8. The van der Waals surface area contributed by atoms with Gasteiger partial charge in [-0.1, -0.05) is 19.1 Å². The van der Waals surface area contributed by atoms with E-state index in [0.717, 1.165) is 23.8 Å². The molecule has 0 amide bonds. The Bertz CT molecular complexity index is 741. The van der Waals surface area contributed by atoms with Crippen LogP contribution in [0.4, 0.5) is 9.52 Å². The molecule has 0 aliphatic heterocycles. The SMILES string of the molecule is CCNC(=NCc1csc(N(C)C)n1)NCC(CC)Oc1ccccc1F.I. The molecular formula is C19H29FIN5OS. The second-order valence-corrected chi connectivity index (χ2v) is 7.01. The van der Waals surface area contributed by atoms with E-state index in [1.807, 2.05) is 38.2 Å². The van der Waals surface area contributed by atoms with Gasteiger partial charge in [0, 0.05) is 26.0 Å². The number of ether oxygens (including phenoxy) is 1. The number of aliphatic imine (C=N–C) groups is 1. The minimum absolute atomic E-state index is 0. The molecule has 1 atom stereocenters. The molecule has 9 heteroatoms. The van der Waals surface area contributed by atoms with E-state index >= 15 is 0 Å². The van der Waals surface area contributed by atoms with Gasteiger partial charge in [-0.2, -0.15) is 0 Å². The zero-order valence-electron chi connectivity index (χ0n) is 16.7. The number of guanidine groups is 1. The monoisotopic (exact) mass is 521 g/mol. The average molecular weight is 521 g/mol. The minimum Gasteiger partial charge on any atom is -0.486 e. The number of anilines is 1. The molecule has 156 valence electrons. The van der Waals surface area contributed by atoms with Gasteiger partial charge < -0.3 is 20.3 Å². The van der Waals surface area contributed by atoms with Gasteiger partial charge >= 0.3 is 0 Å². The zero-order valence-corrected chi connectivity index (χ0v) is 19.9. The molecule has 1 unspecified atom stereocenters. The third-order valence-corrected chi connectivity index (χ3v) is 4.81. The number of rotatable bonds is 9. The van der Waals surface area contributed by atoms with Crippen molar-refractivity contribution in [1.29, 1.82) is 0 Å². The molecule has 0 aliphatic rings. The quantitative estimate of drug-likeness (QED) is 0.298. The molecule has 1 aromatic carbocycles. The van der Waals surface area contributed by atoms with Crippen molar-refractivity contribution in [2.24, 2.45) is 4.99 Å². The lowest BCUT2D eigenvalue weighted by Gasteiger charge is -2.20. The van der Waals surface area contributed by atoms with Crippen molar-refractivity contribution in [2.75, 3.05) is 32.1 Å². The van der Waals surface area contributed by atoms with E-state index in [1.54, 1.807) is 29.5 Å². The number of hydrogen-bond donors (Lipinski definition) is 2. The minimum atomic E-state index is -0.350. The molecule has 0 spiro atoms. The van der Waals surface area contributed by atoms with Crippen LogP contribution in [0.15, 0.2) is 34.6 Å². The van der Waals surface area contributed by atoms with Crippen LogP contribution in [0.5, 0.6) is 5.75 Å². The standard InChI is InChI=1S/C19H28FN5OS.HI/c1-5-15(26-17-10-8-7-9-16(17)20)12-23-18(21-6-2)22-11-14-13-27-19(24-14)25(3)4;/h7-10,13,15H,5-6,11-12H2,1-4H3,(H2,21,22,23);1H. The number of benzene rings is 1. The Labute approximate surface area is 187 Å². The van der Waals surface area contributed by atoms with Gasteiger partial charge in [0.2, 0.25) is 0 Å². The van der Waals surface area contributed by atoms with E-state index in [9.17, 15) is 4.39 Å². The number of nitrogens with one attached hydrogen (secondary N) is 2. The van der Waals surface area contributed by atoms with E-state index in [4.69, 9.17) is 4.74 Å². The van der Waals surface area contributed by atoms with Crippen LogP contribution in [0.2, 0.25) is 0 Å². The molecule has 0 saturated carbocycles. The molecule has 6 nitrogen and oxygen atoms in total. The summed E-state index contributed by atoms with van der Waals surface area (Å²) in [6.07, 6.45) is 0.587. The van der Waals surface area contributed by atoms with Crippen LogP contribution in [-0.4, -0.2) is 44.2 Å². The summed E-state index contributed by atoms with van der Waals surface area (Å²) in [5.41, 5.74) is 0.926. The van der Waals surface area contributed by atoms with Gasteiger partial charge in [-0.25, -0.2) is 14.4 Å². The highest BCUT2D eigenvalue weighted by atomic mass is 127. The topological polar surface area (TPSA) is 61.8 Å². The highest BCUT2D eigenvalue weighted by Crippen LogP contribution is 2.19. The van der Waals surface area contributed by atoms with Crippen LogP contribution in [0.1, 0.15) is 26.0 Å². The van der Waals surface area contributed by atoms with Crippen molar-refractivity contribution < 1.29 is 9.13 Å². The number of halogens is 2. The van der Waals surface area contributed by atoms with E-state index in [1.165, 1.54) is 6.07 Å². The highest BCUT2D eigenvalue weighted by molar-refractivity contribution is 14.0. The van der Waals surface area contributed by atoms with Gasteiger partial charge in [0.1, 0.15) is 6.10 Å². The lowest BCUT2D eigenvalue weighted by Crippen LogP contribution is -2.42. The molecule has 2 aromatic rings. The Morgan fingerprint density at radius 3 is 2.64 bits per heavy atom. The van der Waals surface area contributed by atoms with Gasteiger partial charge in [0.05, 0.1) is 18.8 Å². The van der Waals surface area contributed by atoms with Gasteiger partial charge in [-0.15, -0.1) is 35.3 Å². The van der Waals surface area contributed by atoms with Crippen molar-refractivity contribution in [2.45, 2.75) is 32.9 Å². The first kappa shape index (κ1) is 24.4. The maximum Gasteiger partial charge on any atom is 0.191 e. The molecule has 1 aromatic heterocycles. The third-order valence-electron chi connectivity index (χ3n) is 3.75. The normalized spacial score (nSPS) is 12.1. The summed E-state index contributed by atoms with van der Waals surface area (Å²) < 4.78 is 19.6. The summed E-state index contributed by atoms with van der Waals surface area (Å²) in [6.45, 7) is 5.78. The lowest BCUT2D eigenvalue weighted by molar-refractivity contribution is 0.191. The molecule has 0 saturated heterocycles. The first-order chi connectivity index (χ1) is 13.0. The Morgan fingerprint density at radius 1 is 1.29 bits per heavy atom. The Balaban J connectivity index is 0.00000392. The number of para-hydroxylation sites is 1. The Morgan fingerprint density at radius 2 is 2.04 bits per heavy atom. The number of aromatic nitrogens is 1. The third kappa shape index (κ3) is 7.78. The maximum atomic E-state index is 13.8. The number of nitrogens with zero attached hydrogens (tertiary/aromatic N) is 3. The van der Waals surface area contributed by atoms with Crippen LogP contribution < -0.4 is 20.3 Å².